The summed E-state index contributed by atoms with van der Waals surface area (Å²) >= 11 is 0. The SMILES string of the molecule is CCCCC/C=C/CCOC[C@@H]1OC[C@@H](O)[C@H](O)[C@H]1O. The van der Waals surface area contributed by atoms with Gasteiger partial charge in [0, 0.05) is 0 Å². The van der Waals surface area contributed by atoms with E-state index in [0.29, 0.717) is 6.61 Å². The van der Waals surface area contributed by atoms with Gasteiger partial charge in [0.05, 0.1) is 19.8 Å². The topological polar surface area (TPSA) is 79.2 Å². The number of unbranched alkanes of at least 4 members (excludes halogenated alkanes) is 3. The van der Waals surface area contributed by atoms with Crippen LogP contribution < -0.4 is 0 Å². The van der Waals surface area contributed by atoms with E-state index < -0.39 is 24.4 Å². The van der Waals surface area contributed by atoms with Crippen molar-refractivity contribution in [2.75, 3.05) is 19.8 Å². The molecule has 0 unspecified atom stereocenters. The molecule has 118 valence electrons. The average Bonchev–Trinajstić information content (AvgIpc) is 2.45. The third kappa shape index (κ3) is 6.33. The Labute approximate surface area is 121 Å². The van der Waals surface area contributed by atoms with E-state index in [2.05, 4.69) is 19.1 Å². The summed E-state index contributed by atoms with van der Waals surface area (Å²) in [7, 11) is 0. The van der Waals surface area contributed by atoms with Gasteiger partial charge in [-0.2, -0.15) is 0 Å². The van der Waals surface area contributed by atoms with Gasteiger partial charge in [0.1, 0.15) is 24.4 Å². The van der Waals surface area contributed by atoms with Crippen LogP contribution in [0.15, 0.2) is 12.2 Å². The monoisotopic (exact) mass is 288 g/mol. The molecule has 5 nitrogen and oxygen atoms in total. The van der Waals surface area contributed by atoms with Gasteiger partial charge in [0.25, 0.3) is 0 Å². The quantitative estimate of drug-likeness (QED) is 0.436. The second-order valence-corrected chi connectivity index (χ2v) is 5.25. The van der Waals surface area contributed by atoms with E-state index >= 15 is 0 Å². The van der Waals surface area contributed by atoms with Gasteiger partial charge < -0.3 is 24.8 Å². The van der Waals surface area contributed by atoms with Gasteiger partial charge in [-0.25, -0.2) is 0 Å². The summed E-state index contributed by atoms with van der Waals surface area (Å²) in [6, 6.07) is 0. The Bertz CT molecular complexity index is 269. The molecule has 0 aromatic rings. The zero-order valence-corrected chi connectivity index (χ0v) is 12.3. The van der Waals surface area contributed by atoms with Crippen LogP contribution in [0.4, 0.5) is 0 Å². The van der Waals surface area contributed by atoms with Crippen LogP contribution in [0.25, 0.3) is 0 Å². The third-order valence-corrected chi connectivity index (χ3v) is 3.46. The normalized spacial score (nSPS) is 31.0. The molecule has 0 aliphatic carbocycles. The maximum Gasteiger partial charge on any atom is 0.111 e. The summed E-state index contributed by atoms with van der Waals surface area (Å²) in [6.07, 6.45) is 6.12. The van der Waals surface area contributed by atoms with Gasteiger partial charge in [-0.1, -0.05) is 31.9 Å². The Morgan fingerprint density at radius 2 is 1.85 bits per heavy atom. The highest BCUT2D eigenvalue weighted by atomic mass is 16.6. The van der Waals surface area contributed by atoms with Crippen molar-refractivity contribution in [1.29, 1.82) is 0 Å². The number of aliphatic hydroxyl groups excluding tert-OH is 3. The summed E-state index contributed by atoms with van der Waals surface area (Å²) in [5, 5.41) is 28.5. The molecule has 0 aromatic heterocycles. The fourth-order valence-electron chi connectivity index (χ4n) is 2.11. The van der Waals surface area contributed by atoms with Gasteiger partial charge in [0.15, 0.2) is 0 Å². The molecule has 4 atom stereocenters. The lowest BCUT2D eigenvalue weighted by atomic mass is 10.0. The van der Waals surface area contributed by atoms with Crippen LogP contribution in [0.2, 0.25) is 0 Å². The number of aliphatic hydroxyl groups is 3. The van der Waals surface area contributed by atoms with Crippen LogP contribution in [0.3, 0.4) is 0 Å². The first-order valence-electron chi connectivity index (χ1n) is 7.55. The molecule has 1 aliphatic heterocycles. The summed E-state index contributed by atoms with van der Waals surface area (Å²) in [5.74, 6) is 0. The van der Waals surface area contributed by atoms with E-state index in [1.807, 2.05) is 0 Å². The highest BCUT2D eigenvalue weighted by Crippen LogP contribution is 2.15. The second kappa shape index (κ2) is 10.3. The first kappa shape index (κ1) is 17.6. The fraction of sp³-hybridized carbons (Fsp3) is 0.867. The number of hydrogen-bond acceptors (Lipinski definition) is 5. The molecule has 0 spiro atoms. The van der Waals surface area contributed by atoms with Crippen molar-refractivity contribution in [3.63, 3.8) is 0 Å². The zero-order valence-electron chi connectivity index (χ0n) is 12.3. The number of ether oxygens (including phenoxy) is 2. The number of hydrogen-bond donors (Lipinski definition) is 3. The lowest BCUT2D eigenvalue weighted by molar-refractivity contribution is -0.199. The van der Waals surface area contributed by atoms with E-state index in [1.54, 1.807) is 0 Å². The Morgan fingerprint density at radius 1 is 1.10 bits per heavy atom. The van der Waals surface area contributed by atoms with E-state index in [4.69, 9.17) is 9.47 Å². The first-order chi connectivity index (χ1) is 9.66. The molecule has 3 N–H and O–H groups in total. The van der Waals surface area contributed by atoms with E-state index in [1.165, 1.54) is 19.3 Å². The fourth-order valence-corrected chi connectivity index (χ4v) is 2.11. The molecule has 1 fully saturated rings. The molecule has 1 heterocycles. The standard InChI is InChI=1S/C15H28O5/c1-2-3-4-5-6-7-8-9-19-11-13-15(18)14(17)12(16)10-20-13/h6-7,12-18H,2-5,8-11H2,1H3/b7-6+/t12-,13+,14+,15+/m1/s1. The lowest BCUT2D eigenvalue weighted by Crippen LogP contribution is -2.54. The highest BCUT2D eigenvalue weighted by molar-refractivity contribution is 4.86. The van der Waals surface area contributed by atoms with Crippen molar-refractivity contribution in [3.05, 3.63) is 12.2 Å². The van der Waals surface area contributed by atoms with Crippen LogP contribution in [0.1, 0.15) is 39.0 Å². The maximum absolute atomic E-state index is 9.70. The Kier molecular flexibility index (Phi) is 9.05. The summed E-state index contributed by atoms with van der Waals surface area (Å²) in [4.78, 5) is 0. The predicted molar refractivity (Wildman–Crippen MR) is 76.5 cm³/mol. The van der Waals surface area contributed by atoms with E-state index in [9.17, 15) is 15.3 Å². The highest BCUT2D eigenvalue weighted by Gasteiger charge is 2.37. The minimum atomic E-state index is -1.16. The second-order valence-electron chi connectivity index (χ2n) is 5.25. The molecular weight excluding hydrogens is 260 g/mol. The van der Waals surface area contributed by atoms with E-state index in [0.717, 1.165) is 12.8 Å². The molecule has 1 saturated heterocycles. The molecule has 0 amide bonds. The molecule has 0 radical (unpaired) electrons. The van der Waals surface area contributed by atoms with Crippen molar-refractivity contribution >= 4 is 0 Å². The van der Waals surface area contributed by atoms with Crippen molar-refractivity contribution in [2.45, 2.75) is 63.4 Å². The Morgan fingerprint density at radius 3 is 2.60 bits per heavy atom. The molecule has 0 bridgehead atoms. The third-order valence-electron chi connectivity index (χ3n) is 3.46. The van der Waals surface area contributed by atoms with Gasteiger partial charge in [-0.3, -0.25) is 0 Å². The molecule has 1 rings (SSSR count). The van der Waals surface area contributed by atoms with Crippen molar-refractivity contribution in [2.24, 2.45) is 0 Å². The van der Waals surface area contributed by atoms with Gasteiger partial charge in [-0.05, 0) is 19.3 Å². The Hall–Kier alpha value is -0.460. The molecule has 5 heteroatoms. The minimum absolute atomic E-state index is 0.0313. The molecular formula is C15H28O5. The smallest absolute Gasteiger partial charge is 0.111 e. The van der Waals surface area contributed by atoms with Crippen molar-refractivity contribution in [3.8, 4) is 0 Å². The van der Waals surface area contributed by atoms with Crippen LogP contribution >= 0.6 is 0 Å². The van der Waals surface area contributed by atoms with Crippen LogP contribution in [0, 0.1) is 0 Å². The van der Waals surface area contributed by atoms with Gasteiger partial charge in [0.2, 0.25) is 0 Å². The number of allylic oxidation sites excluding steroid dienone is 1. The molecule has 0 saturated carbocycles. The first-order valence-corrected chi connectivity index (χ1v) is 7.55. The Balaban J connectivity index is 2.04. The maximum atomic E-state index is 9.70. The zero-order chi connectivity index (χ0) is 14.8. The summed E-state index contributed by atoms with van der Waals surface area (Å²) < 4.78 is 10.7. The summed E-state index contributed by atoms with van der Waals surface area (Å²) in [5.41, 5.74) is 0. The van der Waals surface area contributed by atoms with E-state index in [-0.39, 0.29) is 13.2 Å². The summed E-state index contributed by atoms with van der Waals surface area (Å²) in [6.45, 7) is 3.02. The minimum Gasteiger partial charge on any atom is -0.388 e. The average molecular weight is 288 g/mol. The molecule has 0 aromatic carbocycles. The van der Waals surface area contributed by atoms with Crippen molar-refractivity contribution in [1.82, 2.24) is 0 Å². The molecule has 1 aliphatic rings. The van der Waals surface area contributed by atoms with Crippen molar-refractivity contribution < 1.29 is 24.8 Å². The molecule has 20 heavy (non-hydrogen) atoms. The predicted octanol–water partition coefficient (Wildman–Crippen LogP) is 1.01. The van der Waals surface area contributed by atoms with Gasteiger partial charge in [-0.15, -0.1) is 0 Å². The largest absolute Gasteiger partial charge is 0.388 e. The lowest BCUT2D eigenvalue weighted by Gasteiger charge is -2.35. The van der Waals surface area contributed by atoms with Crippen LogP contribution in [0.5, 0.6) is 0 Å². The van der Waals surface area contributed by atoms with Crippen LogP contribution in [-0.4, -0.2) is 59.6 Å². The number of rotatable bonds is 9. The van der Waals surface area contributed by atoms with Gasteiger partial charge >= 0.3 is 0 Å². The van der Waals surface area contributed by atoms with Crippen LogP contribution in [-0.2, 0) is 9.47 Å².